The Morgan fingerprint density at radius 2 is 1.77 bits per heavy atom. The van der Waals surface area contributed by atoms with Crippen molar-refractivity contribution in [2.24, 2.45) is 7.05 Å². The molecule has 0 radical (unpaired) electrons. The van der Waals surface area contributed by atoms with Gasteiger partial charge >= 0.3 is 0 Å². The summed E-state index contributed by atoms with van der Waals surface area (Å²) in [5.41, 5.74) is 2.28. The van der Waals surface area contributed by atoms with Gasteiger partial charge in [0.2, 0.25) is 5.43 Å². The summed E-state index contributed by atoms with van der Waals surface area (Å²) >= 11 is 6.10. The minimum atomic E-state index is -0.161. The lowest BCUT2D eigenvalue weighted by Crippen LogP contribution is -2.31. The van der Waals surface area contributed by atoms with Crippen LogP contribution in [0.3, 0.4) is 0 Å². The lowest BCUT2D eigenvalue weighted by Gasteiger charge is -2.26. The minimum absolute atomic E-state index is 0.161. The van der Waals surface area contributed by atoms with E-state index in [1.54, 1.807) is 12.1 Å². The molecule has 0 amide bonds. The smallest absolute Gasteiger partial charge is 0.231 e. The predicted octanol–water partition coefficient (Wildman–Crippen LogP) is 5.12. The van der Waals surface area contributed by atoms with Crippen LogP contribution < -0.4 is 14.9 Å². The van der Waals surface area contributed by atoms with Crippen LogP contribution in [0, 0.1) is 0 Å². The third-order valence-corrected chi connectivity index (χ3v) is 6.22. The molecule has 0 saturated carbocycles. The van der Waals surface area contributed by atoms with Gasteiger partial charge in [0.05, 0.1) is 30.3 Å². The van der Waals surface area contributed by atoms with Crippen molar-refractivity contribution < 1.29 is 9.47 Å². The van der Waals surface area contributed by atoms with Crippen LogP contribution in [0.5, 0.6) is 11.5 Å². The summed E-state index contributed by atoms with van der Waals surface area (Å²) in [4.78, 5) is 15.5. The Labute approximate surface area is 188 Å². The minimum Gasteiger partial charge on any atom is -0.494 e. The standard InChI is InChI=1S/C25H29ClN2O3/c1-27-22-12-9-19(26)17-21(22)24(29)25(30-2)23(27)18-7-10-20(11-8-18)31-16-6-15-28-13-4-3-5-14-28/h7-12,17H,3-6,13-16H2,1-2H3. The van der Waals surface area contributed by atoms with Crippen molar-refractivity contribution in [3.05, 3.63) is 57.7 Å². The summed E-state index contributed by atoms with van der Waals surface area (Å²) in [6, 6.07) is 13.2. The molecule has 31 heavy (non-hydrogen) atoms. The summed E-state index contributed by atoms with van der Waals surface area (Å²) in [5.74, 6) is 1.14. The molecule has 164 valence electrons. The van der Waals surface area contributed by atoms with E-state index in [2.05, 4.69) is 4.90 Å². The monoisotopic (exact) mass is 440 g/mol. The van der Waals surface area contributed by atoms with Gasteiger partial charge in [-0.1, -0.05) is 18.0 Å². The summed E-state index contributed by atoms with van der Waals surface area (Å²) in [6.45, 7) is 4.23. The Morgan fingerprint density at radius 1 is 1.03 bits per heavy atom. The third kappa shape index (κ3) is 4.73. The van der Waals surface area contributed by atoms with Gasteiger partial charge in [-0.3, -0.25) is 4.79 Å². The molecule has 0 aliphatic carbocycles. The van der Waals surface area contributed by atoms with Gasteiger partial charge in [0, 0.05) is 24.2 Å². The number of aryl methyl sites for hydroxylation is 1. The van der Waals surface area contributed by atoms with Crippen molar-refractivity contribution in [1.82, 2.24) is 9.47 Å². The first-order valence-corrected chi connectivity index (χ1v) is 11.3. The molecule has 1 saturated heterocycles. The van der Waals surface area contributed by atoms with Crippen molar-refractivity contribution in [1.29, 1.82) is 0 Å². The number of methoxy groups -OCH3 is 1. The quantitative estimate of drug-likeness (QED) is 0.478. The van der Waals surface area contributed by atoms with Gasteiger partial charge in [0.25, 0.3) is 0 Å². The molecular weight excluding hydrogens is 412 g/mol. The number of hydrogen-bond donors (Lipinski definition) is 0. The molecule has 1 fully saturated rings. The fourth-order valence-corrected chi connectivity index (χ4v) is 4.54. The Bertz CT molecular complexity index is 1100. The maximum Gasteiger partial charge on any atom is 0.231 e. The zero-order chi connectivity index (χ0) is 21.8. The molecule has 3 aromatic rings. The van der Waals surface area contributed by atoms with Crippen LogP contribution in [0.2, 0.25) is 5.02 Å². The molecule has 4 rings (SSSR count). The first-order chi connectivity index (χ1) is 15.1. The Morgan fingerprint density at radius 3 is 2.48 bits per heavy atom. The van der Waals surface area contributed by atoms with Crippen LogP contribution in [0.4, 0.5) is 0 Å². The van der Waals surface area contributed by atoms with Gasteiger partial charge in [0.15, 0.2) is 5.75 Å². The highest BCUT2D eigenvalue weighted by atomic mass is 35.5. The number of fused-ring (bicyclic) bond motifs is 1. The fraction of sp³-hybridized carbons (Fsp3) is 0.400. The first-order valence-electron chi connectivity index (χ1n) is 10.9. The molecule has 1 aliphatic rings. The van der Waals surface area contributed by atoms with Crippen molar-refractivity contribution in [2.45, 2.75) is 25.7 Å². The number of hydrogen-bond acceptors (Lipinski definition) is 4. The highest BCUT2D eigenvalue weighted by Gasteiger charge is 2.18. The van der Waals surface area contributed by atoms with Crippen molar-refractivity contribution in [2.75, 3.05) is 33.4 Å². The zero-order valence-electron chi connectivity index (χ0n) is 18.2. The summed E-state index contributed by atoms with van der Waals surface area (Å²) in [6.07, 6.45) is 5.02. The molecule has 1 aromatic heterocycles. The van der Waals surface area contributed by atoms with Crippen LogP contribution in [-0.4, -0.2) is 42.8 Å². The van der Waals surface area contributed by atoms with E-state index < -0.39 is 0 Å². The second-order valence-corrected chi connectivity index (χ2v) is 8.50. The number of pyridine rings is 1. The van der Waals surface area contributed by atoms with Gasteiger partial charge in [0.1, 0.15) is 5.75 Å². The highest BCUT2D eigenvalue weighted by Crippen LogP contribution is 2.32. The van der Waals surface area contributed by atoms with Crippen molar-refractivity contribution in [3.63, 3.8) is 0 Å². The molecule has 2 heterocycles. The molecular formula is C25H29ClN2O3. The fourth-order valence-electron chi connectivity index (χ4n) is 4.37. The number of ether oxygens (including phenoxy) is 2. The zero-order valence-corrected chi connectivity index (χ0v) is 19.0. The first kappa shape index (κ1) is 21.7. The molecule has 1 aliphatic heterocycles. The maximum atomic E-state index is 13.0. The SMILES string of the molecule is COc1c(-c2ccc(OCCCN3CCCCC3)cc2)n(C)c2ccc(Cl)cc2c1=O. The van der Waals surface area contributed by atoms with Gasteiger partial charge in [-0.15, -0.1) is 0 Å². The molecule has 0 atom stereocenters. The van der Waals surface area contributed by atoms with Gasteiger partial charge in [-0.2, -0.15) is 0 Å². The summed E-state index contributed by atoms with van der Waals surface area (Å²) < 4.78 is 13.4. The Hall–Kier alpha value is -2.50. The average Bonchev–Trinajstić information content (AvgIpc) is 2.80. The summed E-state index contributed by atoms with van der Waals surface area (Å²) in [7, 11) is 3.45. The van der Waals surface area contributed by atoms with Crippen LogP contribution in [-0.2, 0) is 7.05 Å². The molecule has 6 heteroatoms. The van der Waals surface area contributed by atoms with Crippen LogP contribution >= 0.6 is 11.6 Å². The molecule has 0 bridgehead atoms. The average molecular weight is 441 g/mol. The van der Waals surface area contributed by atoms with Crippen LogP contribution in [0.1, 0.15) is 25.7 Å². The number of halogens is 1. The van der Waals surface area contributed by atoms with E-state index in [-0.39, 0.29) is 5.43 Å². The van der Waals surface area contributed by atoms with E-state index >= 15 is 0 Å². The topological polar surface area (TPSA) is 43.7 Å². The van der Waals surface area contributed by atoms with E-state index in [1.165, 1.54) is 39.5 Å². The largest absolute Gasteiger partial charge is 0.494 e. The lowest BCUT2D eigenvalue weighted by atomic mass is 10.1. The predicted molar refractivity (Wildman–Crippen MR) is 127 cm³/mol. The molecule has 0 spiro atoms. The number of nitrogens with zero attached hydrogens (tertiary/aromatic N) is 2. The second-order valence-electron chi connectivity index (χ2n) is 8.06. The summed E-state index contributed by atoms with van der Waals surface area (Å²) in [5, 5.41) is 1.07. The van der Waals surface area contributed by atoms with E-state index in [4.69, 9.17) is 21.1 Å². The van der Waals surface area contributed by atoms with Crippen LogP contribution in [0.25, 0.3) is 22.2 Å². The number of aromatic nitrogens is 1. The molecule has 2 aromatic carbocycles. The van der Waals surface area contributed by atoms with Gasteiger partial charge < -0.3 is 18.9 Å². The van der Waals surface area contributed by atoms with E-state index in [1.807, 2.05) is 41.9 Å². The Balaban J connectivity index is 1.51. The van der Waals surface area contributed by atoms with E-state index in [0.29, 0.717) is 22.8 Å². The van der Waals surface area contributed by atoms with Crippen LogP contribution in [0.15, 0.2) is 47.3 Å². The molecule has 5 nitrogen and oxygen atoms in total. The molecule has 0 unspecified atom stereocenters. The van der Waals surface area contributed by atoms with Gasteiger partial charge in [-0.05, 0) is 74.8 Å². The Kier molecular flexibility index (Phi) is 6.83. The van der Waals surface area contributed by atoms with E-state index in [0.717, 1.165) is 35.5 Å². The van der Waals surface area contributed by atoms with Crippen molar-refractivity contribution >= 4 is 22.5 Å². The maximum absolute atomic E-state index is 13.0. The normalized spacial score (nSPS) is 14.7. The van der Waals surface area contributed by atoms with Crippen molar-refractivity contribution in [3.8, 4) is 22.8 Å². The number of piperidine rings is 1. The number of rotatable bonds is 7. The van der Waals surface area contributed by atoms with Gasteiger partial charge in [-0.25, -0.2) is 0 Å². The third-order valence-electron chi connectivity index (χ3n) is 5.99. The number of likely N-dealkylation sites (tertiary alicyclic amines) is 1. The van der Waals surface area contributed by atoms with E-state index in [9.17, 15) is 4.79 Å². The second kappa shape index (κ2) is 9.75. The molecule has 0 N–H and O–H groups in total. The number of benzene rings is 2. The highest BCUT2D eigenvalue weighted by molar-refractivity contribution is 6.31. The lowest BCUT2D eigenvalue weighted by molar-refractivity contribution is 0.205.